The summed E-state index contributed by atoms with van der Waals surface area (Å²) in [5.74, 6) is -2.06. The van der Waals surface area contributed by atoms with Crippen LogP contribution in [-0.2, 0) is 9.59 Å². The predicted octanol–water partition coefficient (Wildman–Crippen LogP) is 7.34. The van der Waals surface area contributed by atoms with Crippen molar-refractivity contribution in [3.05, 3.63) is 81.9 Å². The lowest BCUT2D eigenvalue weighted by Gasteiger charge is -2.15. The largest absolute Gasteiger partial charge is 0.481 e. The van der Waals surface area contributed by atoms with E-state index in [0.717, 1.165) is 5.57 Å². The van der Waals surface area contributed by atoms with Crippen molar-refractivity contribution in [3.63, 3.8) is 0 Å². The van der Waals surface area contributed by atoms with E-state index in [-0.39, 0.29) is 48.0 Å². The van der Waals surface area contributed by atoms with Crippen LogP contribution in [0.4, 0.5) is 13.2 Å². The Hall–Kier alpha value is -5.01. The molecule has 3 aromatic rings. The minimum atomic E-state index is -4.99. The molecule has 0 radical (unpaired) electrons. The summed E-state index contributed by atoms with van der Waals surface area (Å²) < 4.78 is 42.0. The number of alkyl halides is 3. The van der Waals surface area contributed by atoms with Crippen molar-refractivity contribution in [2.24, 2.45) is 0 Å². The summed E-state index contributed by atoms with van der Waals surface area (Å²) in [6.07, 6.45) is -7.86. The summed E-state index contributed by atoms with van der Waals surface area (Å²) in [4.78, 5) is 38.9. The quantitative estimate of drug-likeness (QED) is 0.129. The Bertz CT molecular complexity index is 2090. The maximum Gasteiger partial charge on any atom is 0.418 e. The van der Waals surface area contributed by atoms with Gasteiger partial charge in [-0.2, -0.15) is 13.2 Å². The molecule has 0 amide bonds. The number of nitrogens with zero attached hydrogens (tertiary/aromatic N) is 2. The normalized spacial score (nSPS) is 14.8. The summed E-state index contributed by atoms with van der Waals surface area (Å²) >= 11 is 0. The van der Waals surface area contributed by atoms with Crippen LogP contribution in [0.2, 0.25) is 0 Å². The molecule has 2 aliphatic rings. The number of allylic oxidation sites excluding steroid dienone is 4. The number of carbonyl (C=O) groups is 2. The number of hydrogen-bond donors (Lipinski definition) is 6. The van der Waals surface area contributed by atoms with Gasteiger partial charge in [0.25, 0.3) is 0 Å². The number of aromatic nitrogens is 4. The van der Waals surface area contributed by atoms with Crippen LogP contribution in [0.15, 0.2) is 36.9 Å². The van der Waals surface area contributed by atoms with Crippen LogP contribution < -0.4 is 0 Å². The molecular weight excluding hydrogens is 629 g/mol. The van der Waals surface area contributed by atoms with Gasteiger partial charge in [-0.05, 0) is 98.2 Å². The van der Waals surface area contributed by atoms with Crippen molar-refractivity contribution >= 4 is 56.3 Å². The van der Waals surface area contributed by atoms with Crippen molar-refractivity contribution in [2.45, 2.75) is 71.8 Å². The van der Waals surface area contributed by atoms with E-state index in [2.05, 4.69) is 16.5 Å². The summed E-state index contributed by atoms with van der Waals surface area (Å²) in [6.45, 7) is 10.4. The lowest BCUT2D eigenvalue weighted by atomic mass is 9.98. The number of aryl methyl sites for hydroxylation is 2. The number of fused-ring (bicyclic) bond motifs is 8. The molecule has 252 valence electrons. The second kappa shape index (κ2) is 12.9. The van der Waals surface area contributed by atoms with E-state index >= 15 is 0 Å². The number of H-pyrrole nitrogens is 2. The lowest BCUT2D eigenvalue weighted by Crippen LogP contribution is -2.20. The van der Waals surface area contributed by atoms with Crippen molar-refractivity contribution in [1.82, 2.24) is 19.9 Å². The third-order valence-corrected chi connectivity index (χ3v) is 8.91. The summed E-state index contributed by atoms with van der Waals surface area (Å²) in [7, 11) is 0. The van der Waals surface area contributed by atoms with Gasteiger partial charge in [0, 0.05) is 46.0 Å². The van der Waals surface area contributed by atoms with E-state index in [1.54, 1.807) is 32.0 Å². The Kier molecular flexibility index (Phi) is 9.22. The van der Waals surface area contributed by atoms with E-state index < -0.39 is 35.9 Å². The average molecular weight is 665 g/mol. The lowest BCUT2D eigenvalue weighted by molar-refractivity contribution is -0.206. The fraction of sp³-hybridized carbons (Fsp3) is 0.314. The molecule has 0 spiro atoms. The highest BCUT2D eigenvalue weighted by Gasteiger charge is 2.41. The van der Waals surface area contributed by atoms with Gasteiger partial charge >= 0.3 is 18.1 Å². The van der Waals surface area contributed by atoms with E-state index in [9.17, 15) is 43.2 Å². The number of aliphatic hydroxyl groups is 2. The molecule has 13 heteroatoms. The number of halogens is 3. The molecule has 48 heavy (non-hydrogen) atoms. The van der Waals surface area contributed by atoms with E-state index in [1.165, 1.54) is 19.1 Å². The molecule has 2 atom stereocenters. The summed E-state index contributed by atoms with van der Waals surface area (Å²) in [5, 5.41) is 40.3. The zero-order chi connectivity index (χ0) is 35.2. The van der Waals surface area contributed by atoms with E-state index in [4.69, 9.17) is 9.97 Å². The van der Waals surface area contributed by atoms with Crippen molar-refractivity contribution < 1.29 is 43.2 Å². The standard InChI is InChI=1S/C35H35F3N4O6/c1-6-29(43)32-17(4)23-11-21-15(2)19(7-9-30(44)45)25(39-21)14-26-20(8-10-31(46)47)16(3)22(40-26)12-28-33(34(48)35(36,37)38)18(5)24(42-28)13-27(32)41-23/h6,11-14,29,34,41-43,48H,1,7-10H2,2-5H3,(H,44,45)(H,46,47). The third kappa shape index (κ3) is 6.43. The van der Waals surface area contributed by atoms with Crippen molar-refractivity contribution in [1.29, 1.82) is 0 Å². The Morgan fingerprint density at radius 3 is 1.65 bits per heavy atom. The molecule has 0 fully saturated rings. The molecule has 5 heterocycles. The number of aromatic amines is 2. The van der Waals surface area contributed by atoms with Crippen LogP contribution >= 0.6 is 0 Å². The molecule has 8 bridgehead atoms. The van der Waals surface area contributed by atoms with Gasteiger partial charge < -0.3 is 30.4 Å². The first kappa shape index (κ1) is 34.3. The van der Waals surface area contributed by atoms with Gasteiger partial charge in [0.05, 0.1) is 28.9 Å². The molecule has 0 saturated carbocycles. The van der Waals surface area contributed by atoms with E-state index in [0.29, 0.717) is 56.0 Å². The SMILES string of the molecule is C=CC(O)c1c(C)c2cc3nc(cc4nc(cc5[nH]c(cc1[nH]2)c(C)c5C(O)C(F)(F)F)C(C)=C4CCC(=O)O)C(CCC(=O)O)=C3C. The number of hydrogen-bond acceptors (Lipinski definition) is 6. The highest BCUT2D eigenvalue weighted by atomic mass is 19.4. The predicted molar refractivity (Wildman–Crippen MR) is 175 cm³/mol. The average Bonchev–Trinajstić information content (AvgIpc) is 3.67. The monoisotopic (exact) mass is 664 g/mol. The van der Waals surface area contributed by atoms with Crippen LogP contribution in [0, 0.1) is 13.8 Å². The van der Waals surface area contributed by atoms with Crippen molar-refractivity contribution in [3.8, 4) is 0 Å². The summed E-state index contributed by atoms with van der Waals surface area (Å²) in [6, 6.07) is 6.32. The molecule has 3 aromatic heterocycles. The number of nitrogens with one attached hydrogen (secondary N) is 2. The molecular formula is C35H35F3N4O6. The van der Waals surface area contributed by atoms with Crippen LogP contribution in [0.3, 0.4) is 0 Å². The maximum atomic E-state index is 14.0. The fourth-order valence-corrected chi connectivity index (χ4v) is 6.26. The fourth-order valence-electron chi connectivity index (χ4n) is 6.26. The minimum absolute atomic E-state index is 0.0554. The number of rotatable bonds is 9. The van der Waals surface area contributed by atoms with Crippen LogP contribution in [-0.4, -0.2) is 58.5 Å². The second-order valence-corrected chi connectivity index (χ2v) is 11.9. The molecule has 0 aromatic carbocycles. The Morgan fingerprint density at radius 2 is 1.19 bits per heavy atom. The molecule has 5 rings (SSSR count). The van der Waals surface area contributed by atoms with Gasteiger partial charge in [-0.25, -0.2) is 9.97 Å². The van der Waals surface area contributed by atoms with Gasteiger partial charge in [-0.3, -0.25) is 9.59 Å². The van der Waals surface area contributed by atoms with E-state index in [1.807, 2.05) is 6.92 Å². The van der Waals surface area contributed by atoms with Gasteiger partial charge in [0.2, 0.25) is 0 Å². The zero-order valence-electron chi connectivity index (χ0n) is 26.7. The second-order valence-electron chi connectivity index (χ2n) is 11.9. The number of aliphatic carboxylic acids is 2. The molecule has 2 unspecified atom stereocenters. The number of aliphatic hydroxyl groups excluding tert-OH is 2. The first-order chi connectivity index (χ1) is 22.5. The number of carboxylic acids is 2. The van der Waals surface area contributed by atoms with Gasteiger partial charge in [0.15, 0.2) is 6.10 Å². The topological polar surface area (TPSA) is 172 Å². The molecule has 10 nitrogen and oxygen atoms in total. The summed E-state index contributed by atoms with van der Waals surface area (Å²) in [5.41, 5.74) is 5.83. The zero-order valence-corrected chi connectivity index (χ0v) is 26.7. The van der Waals surface area contributed by atoms with Gasteiger partial charge in [0.1, 0.15) is 0 Å². The first-order valence-electron chi connectivity index (χ1n) is 15.2. The molecule has 0 aliphatic carbocycles. The third-order valence-electron chi connectivity index (χ3n) is 8.91. The van der Waals surface area contributed by atoms with Crippen LogP contribution in [0.5, 0.6) is 0 Å². The van der Waals surface area contributed by atoms with Crippen LogP contribution in [0.25, 0.3) is 44.4 Å². The molecule has 2 aliphatic heterocycles. The Labute approximate surface area is 273 Å². The number of carboxylic acid groups (broad SMARTS) is 2. The first-order valence-corrected chi connectivity index (χ1v) is 15.2. The highest BCUT2D eigenvalue weighted by molar-refractivity contribution is 5.96. The minimum Gasteiger partial charge on any atom is -0.481 e. The maximum absolute atomic E-state index is 14.0. The Balaban J connectivity index is 1.98. The smallest absolute Gasteiger partial charge is 0.418 e. The van der Waals surface area contributed by atoms with Crippen LogP contribution in [0.1, 0.15) is 96.8 Å². The molecule has 6 N–H and O–H groups in total. The van der Waals surface area contributed by atoms with Gasteiger partial charge in [-0.15, -0.1) is 6.58 Å². The van der Waals surface area contributed by atoms with Crippen molar-refractivity contribution in [2.75, 3.05) is 0 Å². The highest BCUT2D eigenvalue weighted by Crippen LogP contribution is 2.41. The Morgan fingerprint density at radius 1 is 0.750 bits per heavy atom. The van der Waals surface area contributed by atoms with Gasteiger partial charge in [-0.1, -0.05) is 6.08 Å². The molecule has 0 saturated heterocycles.